The summed E-state index contributed by atoms with van der Waals surface area (Å²) in [5.41, 5.74) is 3.50. The minimum Gasteiger partial charge on any atom is -0.510 e. The third kappa shape index (κ3) is 4.68. The highest BCUT2D eigenvalue weighted by Crippen LogP contribution is 2.53. The van der Waals surface area contributed by atoms with E-state index in [2.05, 4.69) is 5.10 Å². The van der Waals surface area contributed by atoms with E-state index in [1.807, 2.05) is 5.43 Å². The van der Waals surface area contributed by atoms with Gasteiger partial charge in [-0.1, -0.05) is 0 Å². The summed E-state index contributed by atoms with van der Waals surface area (Å²) in [6, 6.07) is 0.318. The number of phenolic OH excluding ortho intramolecular Hbond substituents is 1. The van der Waals surface area contributed by atoms with Crippen LogP contribution in [-0.2, 0) is 16.0 Å². The minimum atomic E-state index is -4.54. The van der Waals surface area contributed by atoms with Crippen LogP contribution in [0.3, 0.4) is 0 Å². The van der Waals surface area contributed by atoms with Crippen LogP contribution in [0.15, 0.2) is 33.8 Å². The van der Waals surface area contributed by atoms with Gasteiger partial charge in [0.25, 0.3) is 5.91 Å². The number of alkyl halides is 3. The smallest absolute Gasteiger partial charge is 0.407 e. The summed E-state index contributed by atoms with van der Waals surface area (Å²) in [6.07, 6.45) is -3.66. The predicted molar refractivity (Wildman–Crippen MR) is 140 cm³/mol. The van der Waals surface area contributed by atoms with Gasteiger partial charge in [0, 0.05) is 36.8 Å². The molecular weight excluding hydrogens is 551 g/mol. The minimum absolute atomic E-state index is 0.0549. The van der Waals surface area contributed by atoms with Crippen molar-refractivity contribution in [3.8, 4) is 5.75 Å². The molecule has 0 heterocycles. The standard InChI is InChI=1S/C26H30F3N5O7/c1-33(2)14-7-11(8-31-32-9-25(27,28)29)19(35)16-12(14)5-10-6-13-18(34(3)4)21(37)17(24(30)40)23(39)26(13,41)22(38)15(10)20(16)36/h7-8,10,13,18,32,35,37-38,41H,5-6,9H2,1-4H3,(H2,30,40)/b31-8+/t10-,13-,18-,26-/m0/s1. The van der Waals surface area contributed by atoms with Crippen molar-refractivity contribution in [2.24, 2.45) is 22.7 Å². The number of halogens is 3. The Morgan fingerprint density at radius 3 is 2.39 bits per heavy atom. The second-order valence-corrected chi connectivity index (χ2v) is 10.8. The summed E-state index contributed by atoms with van der Waals surface area (Å²) >= 11 is 0. The summed E-state index contributed by atoms with van der Waals surface area (Å²) in [4.78, 5) is 42.4. The van der Waals surface area contributed by atoms with E-state index in [0.717, 1.165) is 6.21 Å². The van der Waals surface area contributed by atoms with Crippen molar-refractivity contribution in [2.75, 3.05) is 39.6 Å². The molecule has 4 rings (SSSR count). The molecule has 1 aromatic rings. The number of amides is 1. The van der Waals surface area contributed by atoms with E-state index in [0.29, 0.717) is 11.3 Å². The number of aliphatic hydroxyl groups excluding tert-OH is 2. The fourth-order valence-electron chi connectivity index (χ4n) is 6.07. The molecule has 0 fully saturated rings. The van der Waals surface area contributed by atoms with Crippen molar-refractivity contribution in [2.45, 2.75) is 30.7 Å². The summed E-state index contributed by atoms with van der Waals surface area (Å²) < 4.78 is 37.4. The number of rotatable bonds is 6. The van der Waals surface area contributed by atoms with Gasteiger partial charge in [-0.3, -0.25) is 19.3 Å². The second-order valence-electron chi connectivity index (χ2n) is 10.8. The SMILES string of the molecule is CN(C)c1cc(/C=N/NCC(F)(F)F)c(O)c2c1C[C@H]1C[C@H]3[C@H](N(C)C)C(O)=C(C(N)=O)C(=O)[C@@]3(O)C(O)=C1C2=O. The lowest BCUT2D eigenvalue weighted by Gasteiger charge is -2.50. The van der Waals surface area contributed by atoms with Crippen LogP contribution in [0, 0.1) is 11.8 Å². The van der Waals surface area contributed by atoms with Crippen LogP contribution in [0.5, 0.6) is 5.75 Å². The Balaban J connectivity index is 1.89. The highest BCUT2D eigenvalue weighted by Gasteiger charge is 2.63. The van der Waals surface area contributed by atoms with E-state index in [9.17, 15) is 48.0 Å². The number of likely N-dealkylation sites (N-methyl/N-ethyl adjacent to an activating group) is 1. The van der Waals surface area contributed by atoms with Crippen LogP contribution in [0.25, 0.3) is 0 Å². The third-order valence-electron chi connectivity index (χ3n) is 7.78. The summed E-state index contributed by atoms with van der Waals surface area (Å²) in [6.45, 7) is -1.43. The predicted octanol–water partition coefficient (Wildman–Crippen LogP) is 0.672. The number of nitrogens with zero attached hydrogens (tertiary/aromatic N) is 3. The zero-order valence-corrected chi connectivity index (χ0v) is 22.6. The van der Waals surface area contributed by atoms with Gasteiger partial charge >= 0.3 is 6.18 Å². The number of anilines is 1. The highest BCUT2D eigenvalue weighted by molar-refractivity contribution is 6.25. The first-order valence-corrected chi connectivity index (χ1v) is 12.5. The number of nitrogens with one attached hydrogen (secondary N) is 1. The topological polar surface area (TPSA) is 189 Å². The Labute approximate surface area is 232 Å². The zero-order chi connectivity index (χ0) is 30.8. The molecule has 1 amide bonds. The lowest BCUT2D eigenvalue weighted by atomic mass is 9.58. The largest absolute Gasteiger partial charge is 0.510 e. The van der Waals surface area contributed by atoms with Crippen molar-refractivity contribution in [3.63, 3.8) is 0 Å². The number of nitrogens with two attached hydrogens (primary N) is 1. The van der Waals surface area contributed by atoms with Gasteiger partial charge in [-0.25, -0.2) is 0 Å². The molecular formula is C26H30F3N5O7. The van der Waals surface area contributed by atoms with Gasteiger partial charge in [-0.15, -0.1) is 0 Å². The molecule has 15 heteroatoms. The molecule has 3 aliphatic rings. The van der Waals surface area contributed by atoms with Crippen LogP contribution in [-0.4, -0.2) is 102 Å². The van der Waals surface area contributed by atoms with E-state index in [4.69, 9.17) is 5.73 Å². The van der Waals surface area contributed by atoms with Gasteiger partial charge in [0.2, 0.25) is 5.78 Å². The number of primary amides is 1. The Hall–Kier alpha value is -4.11. The molecule has 0 radical (unpaired) electrons. The van der Waals surface area contributed by atoms with Gasteiger partial charge in [-0.2, -0.15) is 18.3 Å². The fourth-order valence-corrected chi connectivity index (χ4v) is 6.07. The number of aliphatic hydroxyl groups is 3. The van der Waals surface area contributed by atoms with Crippen molar-refractivity contribution >= 4 is 29.4 Å². The number of fused-ring (bicyclic) bond motifs is 3. The molecule has 222 valence electrons. The van der Waals surface area contributed by atoms with Gasteiger partial charge in [0.15, 0.2) is 11.4 Å². The Morgan fingerprint density at radius 2 is 1.85 bits per heavy atom. The first-order chi connectivity index (χ1) is 18.9. The maximum atomic E-state index is 13.9. The number of benzene rings is 1. The molecule has 3 aliphatic carbocycles. The summed E-state index contributed by atoms with van der Waals surface area (Å²) in [5, 5.41) is 48.4. The van der Waals surface area contributed by atoms with Crippen LogP contribution in [0.1, 0.15) is 27.9 Å². The molecule has 0 aliphatic heterocycles. The molecule has 4 atom stereocenters. The lowest BCUT2D eigenvalue weighted by Crippen LogP contribution is -2.63. The van der Waals surface area contributed by atoms with E-state index < -0.39 is 76.5 Å². The van der Waals surface area contributed by atoms with E-state index in [-0.39, 0.29) is 29.5 Å². The van der Waals surface area contributed by atoms with Crippen molar-refractivity contribution in [1.29, 1.82) is 0 Å². The molecule has 0 aromatic heterocycles. The van der Waals surface area contributed by atoms with Crippen LogP contribution in [0.2, 0.25) is 0 Å². The molecule has 41 heavy (non-hydrogen) atoms. The number of carbonyl (C=O) groups excluding carboxylic acids is 3. The van der Waals surface area contributed by atoms with Crippen LogP contribution in [0.4, 0.5) is 18.9 Å². The Kier molecular flexibility index (Phi) is 7.33. The molecule has 0 saturated heterocycles. The molecule has 0 saturated carbocycles. The van der Waals surface area contributed by atoms with E-state index in [1.165, 1.54) is 25.1 Å². The molecule has 0 spiro atoms. The van der Waals surface area contributed by atoms with E-state index >= 15 is 0 Å². The van der Waals surface area contributed by atoms with Crippen molar-refractivity contribution in [1.82, 2.24) is 10.3 Å². The van der Waals surface area contributed by atoms with E-state index in [1.54, 1.807) is 19.0 Å². The normalized spacial score (nSPS) is 26.3. The first-order valence-electron chi connectivity index (χ1n) is 12.5. The number of allylic oxidation sites excluding steroid dienone is 1. The second kappa shape index (κ2) is 10.1. The monoisotopic (exact) mass is 581 g/mol. The molecule has 0 bridgehead atoms. The number of aromatic hydroxyl groups is 1. The molecule has 1 aromatic carbocycles. The molecule has 12 nitrogen and oxygen atoms in total. The maximum absolute atomic E-state index is 13.9. The average molecular weight is 582 g/mol. The number of hydrogen-bond acceptors (Lipinski definition) is 11. The van der Waals surface area contributed by atoms with Gasteiger partial charge < -0.3 is 36.5 Å². The van der Waals surface area contributed by atoms with Gasteiger partial charge in [-0.05, 0) is 44.5 Å². The molecule has 7 N–H and O–H groups in total. The van der Waals surface area contributed by atoms with Gasteiger partial charge in [0.1, 0.15) is 29.4 Å². The first kappa shape index (κ1) is 29.9. The Bertz CT molecular complexity index is 1430. The maximum Gasteiger partial charge on any atom is 0.407 e. The number of carbonyl (C=O) groups is 3. The van der Waals surface area contributed by atoms with Crippen molar-refractivity contribution in [3.05, 3.63) is 45.4 Å². The van der Waals surface area contributed by atoms with Gasteiger partial charge in [0.05, 0.1) is 17.8 Å². The highest BCUT2D eigenvalue weighted by atomic mass is 19.4. The number of phenols is 1. The number of Topliss-reactive ketones (excluding diaryl/α,β-unsaturated/α-hetero) is 2. The number of hydrazone groups is 1. The average Bonchev–Trinajstić information content (AvgIpc) is 2.83. The van der Waals surface area contributed by atoms with Crippen LogP contribution >= 0.6 is 0 Å². The molecule has 0 unspecified atom stereocenters. The summed E-state index contributed by atoms with van der Waals surface area (Å²) in [7, 11) is 6.36. The third-order valence-corrected chi connectivity index (χ3v) is 7.78. The fraction of sp³-hybridized carbons (Fsp3) is 0.462. The Morgan fingerprint density at radius 1 is 1.22 bits per heavy atom. The number of hydrogen-bond donors (Lipinski definition) is 6. The zero-order valence-electron chi connectivity index (χ0n) is 22.6. The lowest BCUT2D eigenvalue weighted by molar-refractivity contribution is -0.148. The summed E-state index contributed by atoms with van der Waals surface area (Å²) in [5.74, 6) is -7.87. The number of ketones is 2. The van der Waals surface area contributed by atoms with Crippen LogP contribution < -0.4 is 16.1 Å². The quantitative estimate of drug-likeness (QED) is 0.158. The van der Waals surface area contributed by atoms with Crippen molar-refractivity contribution < 1.29 is 48.0 Å².